The van der Waals surface area contributed by atoms with E-state index >= 15 is 0 Å². The van der Waals surface area contributed by atoms with Gasteiger partial charge in [0.2, 0.25) is 5.91 Å². The van der Waals surface area contributed by atoms with E-state index in [1.807, 2.05) is 61.5 Å². The first kappa shape index (κ1) is 15.1. The van der Waals surface area contributed by atoms with E-state index in [0.29, 0.717) is 0 Å². The Balaban J connectivity index is 1.52. The predicted molar refractivity (Wildman–Crippen MR) is 86.6 cm³/mol. The third-order valence-electron chi connectivity index (χ3n) is 3.86. The first-order valence-electron chi connectivity index (χ1n) is 7.51. The number of amides is 2. The second kappa shape index (κ2) is 6.52. The molecule has 2 N–H and O–H groups in total. The van der Waals surface area contributed by atoms with Crippen LogP contribution < -0.4 is 10.6 Å². The number of ether oxygens (including phenoxy) is 1. The van der Waals surface area contributed by atoms with Crippen molar-refractivity contribution in [2.45, 2.75) is 25.6 Å². The topological polar surface area (TPSA) is 67.4 Å². The Morgan fingerprint density at radius 3 is 2.35 bits per heavy atom. The first-order chi connectivity index (χ1) is 11.1. The van der Waals surface area contributed by atoms with Gasteiger partial charge in [0, 0.05) is 0 Å². The van der Waals surface area contributed by atoms with Crippen molar-refractivity contribution in [1.29, 1.82) is 0 Å². The zero-order valence-corrected chi connectivity index (χ0v) is 12.8. The molecular formula is C18H18N2O3. The Morgan fingerprint density at radius 2 is 1.74 bits per heavy atom. The number of alkyl carbamates (subject to hydrolysis) is 1. The molecule has 0 spiro atoms. The number of carbonyl (C=O) groups excluding carboxylic acids is 2. The van der Waals surface area contributed by atoms with Gasteiger partial charge in [0.25, 0.3) is 0 Å². The number of benzene rings is 2. The minimum Gasteiger partial charge on any atom is -0.445 e. The van der Waals surface area contributed by atoms with Gasteiger partial charge in [-0.15, -0.1) is 0 Å². The maximum atomic E-state index is 11.7. The lowest BCUT2D eigenvalue weighted by atomic mass is 10.0. The van der Waals surface area contributed by atoms with Crippen LogP contribution in [0.5, 0.6) is 0 Å². The zero-order valence-electron chi connectivity index (χ0n) is 12.8. The molecule has 1 aliphatic rings. The molecule has 0 aliphatic carbocycles. The minimum atomic E-state index is -0.580. The molecule has 1 aliphatic heterocycles. The fraction of sp³-hybridized carbons (Fsp3) is 0.222. The molecule has 0 saturated carbocycles. The summed E-state index contributed by atoms with van der Waals surface area (Å²) < 4.78 is 5.15. The number of β-lactam (4-membered cyclic amide) rings is 1. The standard InChI is InChI=1S/C18H18N2O3/c1-12-16(17(21)19-12)20-18(22)23-11-13-7-9-15(10-8-13)14-5-3-2-4-6-14/h2-10,12,16H,11H2,1H3,(H,19,21)(H,20,22)/t12-,16+/m0/s1. The Labute approximate surface area is 134 Å². The summed E-state index contributed by atoms with van der Waals surface area (Å²) >= 11 is 0. The van der Waals surface area contributed by atoms with Crippen LogP contribution in [-0.2, 0) is 16.1 Å². The van der Waals surface area contributed by atoms with E-state index in [1.54, 1.807) is 0 Å². The van der Waals surface area contributed by atoms with Crippen molar-refractivity contribution in [2.24, 2.45) is 0 Å². The maximum Gasteiger partial charge on any atom is 0.408 e. The first-order valence-corrected chi connectivity index (χ1v) is 7.51. The molecule has 5 nitrogen and oxygen atoms in total. The summed E-state index contributed by atoms with van der Waals surface area (Å²) in [6.45, 7) is 2.00. The summed E-state index contributed by atoms with van der Waals surface area (Å²) in [6, 6.07) is 17.3. The molecular weight excluding hydrogens is 292 g/mol. The fourth-order valence-electron chi connectivity index (χ4n) is 2.46. The molecule has 1 fully saturated rings. The van der Waals surface area contributed by atoms with Gasteiger partial charge < -0.3 is 15.4 Å². The smallest absolute Gasteiger partial charge is 0.408 e. The molecule has 0 aromatic heterocycles. The van der Waals surface area contributed by atoms with Gasteiger partial charge in [0.15, 0.2) is 0 Å². The highest BCUT2D eigenvalue weighted by Gasteiger charge is 2.37. The largest absolute Gasteiger partial charge is 0.445 e. The van der Waals surface area contributed by atoms with Gasteiger partial charge in [-0.05, 0) is 23.6 Å². The van der Waals surface area contributed by atoms with Crippen LogP contribution in [-0.4, -0.2) is 24.1 Å². The van der Waals surface area contributed by atoms with Crippen LogP contribution in [0.4, 0.5) is 4.79 Å². The second-order valence-electron chi connectivity index (χ2n) is 5.56. The van der Waals surface area contributed by atoms with Crippen LogP contribution in [0.15, 0.2) is 54.6 Å². The van der Waals surface area contributed by atoms with Gasteiger partial charge >= 0.3 is 6.09 Å². The average Bonchev–Trinajstić information content (AvgIpc) is 2.59. The van der Waals surface area contributed by atoms with Crippen LogP contribution >= 0.6 is 0 Å². The quantitative estimate of drug-likeness (QED) is 0.853. The second-order valence-corrected chi connectivity index (χ2v) is 5.56. The molecule has 118 valence electrons. The van der Waals surface area contributed by atoms with Crippen molar-refractivity contribution >= 4 is 12.0 Å². The summed E-state index contributed by atoms with van der Waals surface area (Å²) in [7, 11) is 0. The number of nitrogens with one attached hydrogen (secondary N) is 2. The van der Waals surface area contributed by atoms with E-state index in [2.05, 4.69) is 10.6 Å². The lowest BCUT2D eigenvalue weighted by Gasteiger charge is -2.33. The SMILES string of the molecule is C[C@@H]1NC(=O)[C@@H]1NC(=O)OCc1ccc(-c2ccccc2)cc1. The molecule has 5 heteroatoms. The minimum absolute atomic E-state index is 0.0554. The van der Waals surface area contributed by atoms with Gasteiger partial charge in [-0.3, -0.25) is 4.79 Å². The lowest BCUT2D eigenvalue weighted by Crippen LogP contribution is -2.67. The van der Waals surface area contributed by atoms with Crippen molar-refractivity contribution in [2.75, 3.05) is 0 Å². The van der Waals surface area contributed by atoms with Crippen LogP contribution in [0.25, 0.3) is 11.1 Å². The van der Waals surface area contributed by atoms with Crippen LogP contribution in [0.3, 0.4) is 0 Å². The van der Waals surface area contributed by atoms with Crippen LogP contribution in [0.2, 0.25) is 0 Å². The highest BCUT2D eigenvalue weighted by Crippen LogP contribution is 2.19. The molecule has 23 heavy (non-hydrogen) atoms. The molecule has 1 heterocycles. The van der Waals surface area contributed by atoms with Gasteiger partial charge in [0.1, 0.15) is 12.6 Å². The van der Waals surface area contributed by atoms with E-state index < -0.39 is 12.1 Å². The molecule has 3 rings (SSSR count). The fourth-order valence-corrected chi connectivity index (χ4v) is 2.46. The molecule has 2 aromatic rings. The van der Waals surface area contributed by atoms with Crippen molar-refractivity contribution in [3.05, 3.63) is 60.2 Å². The number of hydrogen-bond donors (Lipinski definition) is 2. The normalized spacial score (nSPS) is 19.4. The average molecular weight is 310 g/mol. The number of carbonyl (C=O) groups is 2. The zero-order chi connectivity index (χ0) is 16.2. The molecule has 0 unspecified atom stereocenters. The Hall–Kier alpha value is -2.82. The molecule has 2 atom stereocenters. The highest BCUT2D eigenvalue weighted by molar-refractivity contribution is 5.92. The van der Waals surface area contributed by atoms with Crippen molar-refractivity contribution < 1.29 is 14.3 Å². The molecule has 2 aromatic carbocycles. The van der Waals surface area contributed by atoms with E-state index in [1.165, 1.54) is 0 Å². The summed E-state index contributed by atoms with van der Waals surface area (Å²) in [5, 5.41) is 5.20. The molecule has 1 saturated heterocycles. The maximum absolute atomic E-state index is 11.7. The van der Waals surface area contributed by atoms with Gasteiger partial charge in [-0.1, -0.05) is 54.6 Å². The number of rotatable bonds is 4. The van der Waals surface area contributed by atoms with Crippen LogP contribution in [0.1, 0.15) is 12.5 Å². The Kier molecular flexibility index (Phi) is 4.28. The van der Waals surface area contributed by atoms with Crippen LogP contribution in [0, 0.1) is 0 Å². The summed E-state index contributed by atoms with van der Waals surface area (Å²) in [4.78, 5) is 22.9. The van der Waals surface area contributed by atoms with Gasteiger partial charge in [-0.25, -0.2) is 4.79 Å². The van der Waals surface area contributed by atoms with E-state index in [-0.39, 0.29) is 18.6 Å². The third kappa shape index (κ3) is 3.51. The lowest BCUT2D eigenvalue weighted by molar-refractivity contribution is -0.131. The van der Waals surface area contributed by atoms with Gasteiger partial charge in [0.05, 0.1) is 6.04 Å². The Morgan fingerprint density at radius 1 is 1.09 bits per heavy atom. The van der Waals surface area contributed by atoms with Crippen molar-refractivity contribution in [3.8, 4) is 11.1 Å². The molecule has 2 amide bonds. The third-order valence-corrected chi connectivity index (χ3v) is 3.86. The molecule has 0 bridgehead atoms. The van der Waals surface area contributed by atoms with Crippen molar-refractivity contribution in [1.82, 2.24) is 10.6 Å². The highest BCUT2D eigenvalue weighted by atomic mass is 16.5. The van der Waals surface area contributed by atoms with Crippen molar-refractivity contribution in [3.63, 3.8) is 0 Å². The predicted octanol–water partition coefficient (Wildman–Crippen LogP) is 2.47. The summed E-state index contributed by atoms with van der Waals surface area (Å²) in [5.74, 6) is -0.179. The molecule has 0 radical (unpaired) electrons. The van der Waals surface area contributed by atoms with E-state index in [0.717, 1.165) is 16.7 Å². The Bertz CT molecular complexity index is 698. The summed E-state index contributed by atoms with van der Waals surface area (Å²) in [5.41, 5.74) is 3.15. The van der Waals surface area contributed by atoms with E-state index in [4.69, 9.17) is 4.74 Å². The van der Waals surface area contributed by atoms with Gasteiger partial charge in [-0.2, -0.15) is 0 Å². The number of hydrogen-bond acceptors (Lipinski definition) is 3. The summed E-state index contributed by atoms with van der Waals surface area (Å²) in [6.07, 6.45) is -0.580. The monoisotopic (exact) mass is 310 g/mol. The van der Waals surface area contributed by atoms with E-state index in [9.17, 15) is 9.59 Å².